The molecule has 688 valence electrons. The fourth-order valence-electron chi connectivity index (χ4n) is 24.5. The lowest BCUT2D eigenvalue weighted by atomic mass is 9.88. The lowest BCUT2D eigenvalue weighted by Crippen LogP contribution is -2.46. The maximum atomic E-state index is 6.76. The van der Waals surface area contributed by atoms with Crippen molar-refractivity contribution in [1.29, 1.82) is 0 Å². The van der Waals surface area contributed by atoms with Crippen LogP contribution in [0.2, 0.25) is 0 Å². The molecule has 20 aromatic carbocycles. The quantitative estimate of drug-likeness (QED) is 0.154. The van der Waals surface area contributed by atoms with E-state index in [4.69, 9.17) is 43.0 Å². The molecule has 0 spiro atoms. The predicted octanol–water partition coefficient (Wildman–Crippen LogP) is 29.2. The van der Waals surface area contributed by atoms with Gasteiger partial charge in [0, 0.05) is 117 Å². The molecule has 28 aromatic rings. The summed E-state index contributed by atoms with van der Waals surface area (Å²) in [7, 11) is -1.30. The third kappa shape index (κ3) is 11.5. The Labute approximate surface area is 845 Å². The molecule has 24 heteroatoms. The van der Waals surface area contributed by atoms with Crippen LogP contribution in [0.1, 0.15) is 0 Å². The van der Waals surface area contributed by atoms with Crippen LogP contribution in [0.15, 0.2) is 459 Å². The van der Waals surface area contributed by atoms with Gasteiger partial charge in [0.2, 0.25) is 0 Å². The van der Waals surface area contributed by atoms with E-state index in [1.165, 1.54) is 65.4 Å². The average molecular weight is 1900 g/mol. The second-order valence-corrected chi connectivity index (χ2v) is 38.5. The maximum absolute atomic E-state index is 6.76. The van der Waals surface area contributed by atoms with Crippen molar-refractivity contribution in [3.8, 4) is 96.7 Å². The first-order chi connectivity index (χ1) is 73.4. The Balaban J connectivity index is 0.0000000859. The summed E-state index contributed by atoms with van der Waals surface area (Å²) in [5.41, 5.74) is 35.6. The van der Waals surface area contributed by atoms with Crippen molar-refractivity contribution in [2.75, 3.05) is 19.2 Å². The fourth-order valence-corrected chi connectivity index (χ4v) is 24.5. The summed E-state index contributed by atoms with van der Waals surface area (Å²) in [6.07, 6.45) is 0. The van der Waals surface area contributed by atoms with E-state index in [0.29, 0.717) is 0 Å². The Morgan fingerprint density at radius 3 is 0.919 bits per heavy atom. The van der Waals surface area contributed by atoms with E-state index in [9.17, 15) is 0 Å². The number of hydrogen-bond donors (Lipinski definition) is 0. The van der Waals surface area contributed by atoms with E-state index in [0.717, 1.165) is 208 Å². The van der Waals surface area contributed by atoms with Gasteiger partial charge in [-0.15, -0.1) is 0 Å². The summed E-state index contributed by atoms with van der Waals surface area (Å²) in [5, 5.41) is 9.78. The topological polar surface area (TPSA) is 149 Å². The van der Waals surface area contributed by atoms with E-state index in [-0.39, 0.29) is 28.7 Å². The molecule has 0 radical (unpaired) electrons. The molecule has 0 aliphatic carbocycles. The van der Waals surface area contributed by atoms with Crippen molar-refractivity contribution >= 4 is 206 Å². The van der Waals surface area contributed by atoms with Gasteiger partial charge in [-0.25, -0.2) is 19.9 Å². The SMILES string of the molecule is c1ccc2c(c1)-c1nc3ccccc3n1B1Oc3cc(-n4c5ccccc5c5ccccc54)ccc3N12.c1ccc2c(c1)-c1nc3ccccc3n1B1Oc3ccc(-n4c5ccccc5c5ccccc54)cc3N12.c1ccc2c(c1)OB1N2c2ccc(-c3cccc4c3oc3ccccc34)cc2-c2nc3ccccc3n21.c1ccc2c(c1)OB1N2c2ccc(-n3c4ccccc4c4ccccc43)cc2-c2nc3ccccc3n21. The van der Waals surface area contributed by atoms with Gasteiger partial charge in [0.25, 0.3) is 0 Å². The standard InChI is InChI=1S/3C31H19BN4O.C31H18BN3O2/c1-5-13-25-21(9-1)22-10-2-6-14-26(22)34(25)20-17-18-30-29(19-20)35-27-15-7-3-11-23(27)31-33-24-12-4-8-16-28(24)36(31)32(35)37-30;1-5-13-25-21(9-1)22-10-2-6-14-26(22)34(25)20-17-18-29-30(19-20)37-32-35(29)27-15-7-3-11-23(27)31-33-24-12-4-8-16-28(24)36(31)32;1-4-12-25-21(9-1)22-10-2-5-13-26(22)34(25)20-17-18-27-23(19-20)31-33-24-11-3-6-14-28(24)36(31)32-35(27)29-15-7-8-16-30(29)37-32;1-5-14-28-21(8-1)22-10-7-9-20(30(22)36-28)19-16-17-25-23(18-19)31-33-24-11-2-3-12-26(24)35(31)32-34(25)27-13-4-6-15-29(27)37-32/h3*1-19H;1-18H. The zero-order chi connectivity index (χ0) is 96.3. The Bertz CT molecular complexity index is 10400. The monoisotopic (exact) mass is 1900 g/mol. The minimum atomic E-state index is -0.333. The van der Waals surface area contributed by atoms with Crippen LogP contribution in [-0.2, 0) is 0 Å². The van der Waals surface area contributed by atoms with E-state index < -0.39 is 0 Å². The van der Waals surface area contributed by atoms with Gasteiger partial charge in [-0.3, -0.25) is 0 Å². The molecule has 8 aliphatic heterocycles. The van der Waals surface area contributed by atoms with Crippen molar-refractivity contribution in [1.82, 2.24) is 51.5 Å². The molecule has 8 aliphatic rings. The lowest BCUT2D eigenvalue weighted by molar-refractivity contribution is 0.577. The Kier molecular flexibility index (Phi) is 16.8. The first-order valence-corrected chi connectivity index (χ1v) is 50.0. The van der Waals surface area contributed by atoms with Crippen molar-refractivity contribution in [3.63, 3.8) is 0 Å². The molecule has 0 amide bonds. The molecule has 16 heterocycles. The molecule has 0 atom stereocenters. The molecule has 8 aromatic heterocycles. The van der Waals surface area contributed by atoms with Crippen LogP contribution in [0, 0.1) is 0 Å². The van der Waals surface area contributed by atoms with Crippen LogP contribution in [0.25, 0.3) is 205 Å². The van der Waals surface area contributed by atoms with Gasteiger partial charge in [0.1, 0.15) is 57.5 Å². The summed E-state index contributed by atoms with van der Waals surface area (Å²) in [6.45, 7) is 0. The highest BCUT2D eigenvalue weighted by atomic mass is 16.5. The van der Waals surface area contributed by atoms with Gasteiger partial charge in [-0.05, 0) is 206 Å². The first-order valence-electron chi connectivity index (χ1n) is 50.0. The number of anilines is 8. The predicted molar refractivity (Wildman–Crippen MR) is 598 cm³/mol. The summed E-state index contributed by atoms with van der Waals surface area (Å²) in [4.78, 5) is 29.4. The minimum absolute atomic E-state index is 0.314. The third-order valence-electron chi connectivity index (χ3n) is 30.8. The highest BCUT2D eigenvalue weighted by molar-refractivity contribution is 6.65. The van der Waals surface area contributed by atoms with Crippen LogP contribution in [-0.4, -0.2) is 80.3 Å². The molecular formula is C124H75B4N15O5. The highest BCUT2D eigenvalue weighted by Crippen LogP contribution is 2.57. The minimum Gasteiger partial charge on any atom is -0.521 e. The normalized spacial score (nSPS) is 13.5. The number of rotatable bonds is 4. The number of imidazole rings is 4. The second kappa shape index (κ2) is 30.8. The summed E-state index contributed by atoms with van der Waals surface area (Å²) in [5.74, 6) is 7.20. The number of benzene rings is 20. The van der Waals surface area contributed by atoms with Crippen LogP contribution in [0.4, 0.5) is 45.5 Å². The van der Waals surface area contributed by atoms with E-state index in [2.05, 4.69) is 445 Å². The number of nitrogens with zero attached hydrogens (tertiary/aromatic N) is 15. The van der Waals surface area contributed by atoms with Gasteiger partial charge >= 0.3 is 28.7 Å². The number of hydrogen-bond acceptors (Lipinski definition) is 13. The van der Waals surface area contributed by atoms with Crippen LogP contribution in [0.5, 0.6) is 23.0 Å². The van der Waals surface area contributed by atoms with Crippen molar-refractivity contribution < 1.29 is 23.0 Å². The van der Waals surface area contributed by atoms with Gasteiger partial charge in [-0.2, -0.15) is 0 Å². The molecule has 0 saturated carbocycles. The molecule has 0 bridgehead atoms. The van der Waals surface area contributed by atoms with E-state index >= 15 is 0 Å². The highest BCUT2D eigenvalue weighted by Gasteiger charge is 2.53. The molecule has 148 heavy (non-hydrogen) atoms. The van der Waals surface area contributed by atoms with E-state index in [1.807, 2.05) is 60.7 Å². The van der Waals surface area contributed by atoms with Gasteiger partial charge in [0.15, 0.2) is 0 Å². The van der Waals surface area contributed by atoms with Gasteiger partial charge in [0.05, 0.1) is 100.0 Å². The number of para-hydroxylation sites is 22. The number of fused-ring (bicyclic) bond motifs is 52. The first kappa shape index (κ1) is 80.8. The Hall–Kier alpha value is -19.9. The molecule has 0 saturated heterocycles. The van der Waals surface area contributed by atoms with Crippen LogP contribution >= 0.6 is 0 Å². The Morgan fingerprint density at radius 2 is 0.473 bits per heavy atom. The molecule has 0 fully saturated rings. The smallest absolute Gasteiger partial charge is 0.521 e. The van der Waals surface area contributed by atoms with Gasteiger partial charge in [-0.1, -0.05) is 249 Å². The zero-order valence-corrected chi connectivity index (χ0v) is 78.9. The van der Waals surface area contributed by atoms with Crippen LogP contribution in [0.3, 0.4) is 0 Å². The van der Waals surface area contributed by atoms with Crippen molar-refractivity contribution in [2.45, 2.75) is 0 Å². The average Bonchev–Trinajstić information content (AvgIpc) is 1.55. The largest absolute Gasteiger partial charge is 0.629 e. The summed E-state index contributed by atoms with van der Waals surface area (Å²) >= 11 is 0. The lowest BCUT2D eigenvalue weighted by Gasteiger charge is -2.30. The van der Waals surface area contributed by atoms with E-state index in [1.54, 1.807) is 0 Å². The molecular weight excluding hydrogens is 1820 g/mol. The molecule has 20 nitrogen and oxygen atoms in total. The van der Waals surface area contributed by atoms with Gasteiger partial charge < -0.3 is 73.9 Å². The zero-order valence-electron chi connectivity index (χ0n) is 78.9. The summed E-state index contributed by atoms with van der Waals surface area (Å²) < 4.78 is 48.7. The maximum Gasteiger partial charge on any atom is 0.629 e. The van der Waals surface area contributed by atoms with Crippen molar-refractivity contribution in [2.24, 2.45) is 0 Å². The Morgan fingerprint density at radius 1 is 0.182 bits per heavy atom. The molecule has 0 N–H and O–H groups in total. The molecule has 0 unspecified atom stereocenters. The number of aromatic nitrogens is 11. The number of furan rings is 1. The van der Waals surface area contributed by atoms with Crippen molar-refractivity contribution in [3.05, 3.63) is 455 Å². The fraction of sp³-hybridized carbons (Fsp3) is 0. The van der Waals surface area contributed by atoms with Crippen LogP contribution < -0.4 is 37.9 Å². The third-order valence-corrected chi connectivity index (χ3v) is 30.8. The molecule has 36 rings (SSSR count). The summed E-state index contributed by atoms with van der Waals surface area (Å²) in [6, 6.07) is 159. The second-order valence-electron chi connectivity index (χ2n) is 38.5.